The number of hydrogen-bond acceptors (Lipinski definition) is 6. The van der Waals surface area contributed by atoms with E-state index >= 15 is 0 Å². The fourth-order valence-electron chi connectivity index (χ4n) is 1.86. The molecular weight excluding hydrogens is 242 g/mol. The normalized spacial score (nSPS) is 10.5. The van der Waals surface area contributed by atoms with Gasteiger partial charge in [0.2, 0.25) is 5.95 Å². The molecule has 0 aliphatic heterocycles. The van der Waals surface area contributed by atoms with Gasteiger partial charge in [-0.2, -0.15) is 4.98 Å². The molecule has 0 spiro atoms. The minimum absolute atomic E-state index is 0.126. The van der Waals surface area contributed by atoms with E-state index in [0.29, 0.717) is 17.0 Å². The molecule has 3 aromatic rings. The summed E-state index contributed by atoms with van der Waals surface area (Å²) in [6.45, 7) is 0. The van der Waals surface area contributed by atoms with Gasteiger partial charge < -0.3 is 16.5 Å². The topological polar surface area (TPSA) is 119 Å². The van der Waals surface area contributed by atoms with Gasteiger partial charge in [-0.15, -0.1) is 0 Å². The number of nitrogen functional groups attached to an aromatic ring is 2. The second-order valence-electron chi connectivity index (χ2n) is 3.88. The molecule has 3 aromatic heterocycles. The Labute approximate surface area is 108 Å². The Morgan fingerprint density at radius 1 is 1.11 bits per heavy atom. The molecule has 0 radical (unpaired) electrons. The summed E-state index contributed by atoms with van der Waals surface area (Å²) in [7, 11) is 0. The largest absolute Gasteiger partial charge is 0.383 e. The average Bonchev–Trinajstić information content (AvgIpc) is 2.92. The van der Waals surface area contributed by atoms with E-state index < -0.39 is 0 Å². The molecular formula is C12H11N7. The molecule has 7 nitrogen and oxygen atoms in total. The van der Waals surface area contributed by atoms with E-state index in [1.54, 1.807) is 31.0 Å². The van der Waals surface area contributed by atoms with Gasteiger partial charge in [0, 0.05) is 30.4 Å². The van der Waals surface area contributed by atoms with Crippen LogP contribution in [0.25, 0.3) is 22.5 Å². The zero-order valence-electron chi connectivity index (χ0n) is 9.91. The number of rotatable bonds is 2. The van der Waals surface area contributed by atoms with Crippen LogP contribution in [-0.4, -0.2) is 24.9 Å². The van der Waals surface area contributed by atoms with Crippen LogP contribution in [0.5, 0.6) is 0 Å². The molecule has 3 rings (SSSR count). The molecule has 0 bridgehead atoms. The molecule has 0 amide bonds. The molecule has 0 saturated carbocycles. The van der Waals surface area contributed by atoms with Gasteiger partial charge in [0.25, 0.3) is 0 Å². The minimum atomic E-state index is 0.126. The molecule has 0 unspecified atom stereocenters. The Hall–Kier alpha value is -2.96. The van der Waals surface area contributed by atoms with Crippen molar-refractivity contribution >= 4 is 11.8 Å². The third-order valence-electron chi connectivity index (χ3n) is 2.65. The van der Waals surface area contributed by atoms with Crippen molar-refractivity contribution in [3.63, 3.8) is 0 Å². The molecule has 0 fully saturated rings. The highest BCUT2D eigenvalue weighted by atomic mass is 15.0. The van der Waals surface area contributed by atoms with Gasteiger partial charge in [0.1, 0.15) is 5.82 Å². The molecule has 94 valence electrons. The third kappa shape index (κ3) is 1.97. The van der Waals surface area contributed by atoms with Crippen LogP contribution >= 0.6 is 0 Å². The monoisotopic (exact) mass is 253 g/mol. The SMILES string of the molecule is Nc1nc(N)c(-c2cnccn2)c(-c2cc[nH]c2)n1. The summed E-state index contributed by atoms with van der Waals surface area (Å²) in [6.07, 6.45) is 8.40. The van der Waals surface area contributed by atoms with E-state index in [-0.39, 0.29) is 11.8 Å². The first-order valence-electron chi connectivity index (χ1n) is 5.58. The first kappa shape index (κ1) is 11.1. The second-order valence-corrected chi connectivity index (χ2v) is 3.88. The van der Waals surface area contributed by atoms with Crippen molar-refractivity contribution in [2.75, 3.05) is 11.5 Å². The summed E-state index contributed by atoms with van der Waals surface area (Å²) in [5.41, 5.74) is 14.3. The van der Waals surface area contributed by atoms with Crippen LogP contribution in [-0.2, 0) is 0 Å². The van der Waals surface area contributed by atoms with Crippen LogP contribution in [0.1, 0.15) is 0 Å². The van der Waals surface area contributed by atoms with E-state index in [2.05, 4.69) is 24.9 Å². The number of nitrogens with one attached hydrogen (secondary N) is 1. The Balaban J connectivity index is 2.29. The van der Waals surface area contributed by atoms with E-state index in [1.807, 2.05) is 6.07 Å². The number of anilines is 2. The van der Waals surface area contributed by atoms with E-state index in [0.717, 1.165) is 5.56 Å². The maximum atomic E-state index is 5.95. The summed E-state index contributed by atoms with van der Waals surface area (Å²) in [4.78, 5) is 19.5. The van der Waals surface area contributed by atoms with Gasteiger partial charge >= 0.3 is 0 Å². The van der Waals surface area contributed by atoms with Gasteiger partial charge in [-0.1, -0.05) is 0 Å². The molecule has 0 atom stereocenters. The van der Waals surface area contributed by atoms with Gasteiger partial charge in [0.05, 0.1) is 23.1 Å². The summed E-state index contributed by atoms with van der Waals surface area (Å²) in [5.74, 6) is 0.408. The summed E-state index contributed by atoms with van der Waals surface area (Å²) < 4.78 is 0. The molecule has 0 aromatic carbocycles. The Bertz CT molecular complexity index is 692. The molecule has 0 aliphatic rings. The van der Waals surface area contributed by atoms with Gasteiger partial charge in [-0.05, 0) is 6.07 Å². The standard InChI is InChI=1S/C12H11N7/c13-11-9(8-6-16-3-4-17-8)10(18-12(14)19-11)7-1-2-15-5-7/h1-6,15H,(H4,13,14,18,19). The highest BCUT2D eigenvalue weighted by Crippen LogP contribution is 2.32. The summed E-state index contributed by atoms with van der Waals surface area (Å²) in [5, 5.41) is 0. The first-order chi connectivity index (χ1) is 9.25. The number of aromatic nitrogens is 5. The fourth-order valence-corrected chi connectivity index (χ4v) is 1.86. The zero-order valence-corrected chi connectivity index (χ0v) is 9.91. The highest BCUT2D eigenvalue weighted by molar-refractivity contribution is 5.86. The van der Waals surface area contributed by atoms with Gasteiger partial charge in [-0.25, -0.2) is 4.98 Å². The van der Waals surface area contributed by atoms with E-state index in [1.165, 1.54) is 0 Å². The first-order valence-corrected chi connectivity index (χ1v) is 5.58. The van der Waals surface area contributed by atoms with Gasteiger partial charge in [0.15, 0.2) is 0 Å². The smallest absolute Gasteiger partial charge is 0.222 e. The van der Waals surface area contributed by atoms with Crippen LogP contribution < -0.4 is 11.5 Å². The van der Waals surface area contributed by atoms with Crippen molar-refractivity contribution in [1.29, 1.82) is 0 Å². The van der Waals surface area contributed by atoms with Crippen molar-refractivity contribution in [3.8, 4) is 22.5 Å². The van der Waals surface area contributed by atoms with Crippen molar-refractivity contribution < 1.29 is 0 Å². The lowest BCUT2D eigenvalue weighted by Gasteiger charge is -2.09. The van der Waals surface area contributed by atoms with E-state index in [9.17, 15) is 0 Å². The lowest BCUT2D eigenvalue weighted by atomic mass is 10.1. The quantitative estimate of drug-likeness (QED) is 0.629. The van der Waals surface area contributed by atoms with Crippen molar-refractivity contribution in [3.05, 3.63) is 37.1 Å². The highest BCUT2D eigenvalue weighted by Gasteiger charge is 2.16. The Morgan fingerprint density at radius 3 is 2.68 bits per heavy atom. The maximum Gasteiger partial charge on any atom is 0.222 e. The van der Waals surface area contributed by atoms with Crippen molar-refractivity contribution in [2.45, 2.75) is 0 Å². The van der Waals surface area contributed by atoms with Crippen LogP contribution in [0.15, 0.2) is 37.1 Å². The number of aromatic amines is 1. The van der Waals surface area contributed by atoms with Crippen LogP contribution in [0, 0.1) is 0 Å². The number of hydrogen-bond donors (Lipinski definition) is 3. The average molecular weight is 253 g/mol. The Kier molecular flexibility index (Phi) is 2.57. The zero-order chi connectivity index (χ0) is 13.2. The molecule has 5 N–H and O–H groups in total. The Morgan fingerprint density at radius 2 is 2.00 bits per heavy atom. The number of nitrogens with zero attached hydrogens (tertiary/aromatic N) is 4. The molecule has 0 aliphatic carbocycles. The molecule has 19 heavy (non-hydrogen) atoms. The fraction of sp³-hybridized carbons (Fsp3) is 0. The van der Waals surface area contributed by atoms with Crippen LogP contribution in [0.3, 0.4) is 0 Å². The minimum Gasteiger partial charge on any atom is -0.383 e. The van der Waals surface area contributed by atoms with E-state index in [4.69, 9.17) is 11.5 Å². The van der Waals surface area contributed by atoms with Crippen LogP contribution in [0.4, 0.5) is 11.8 Å². The number of nitrogens with two attached hydrogens (primary N) is 2. The summed E-state index contributed by atoms with van der Waals surface area (Å²) >= 11 is 0. The van der Waals surface area contributed by atoms with Gasteiger partial charge in [-0.3, -0.25) is 9.97 Å². The third-order valence-corrected chi connectivity index (χ3v) is 2.65. The number of H-pyrrole nitrogens is 1. The molecule has 3 heterocycles. The lowest BCUT2D eigenvalue weighted by molar-refractivity contribution is 1.16. The predicted molar refractivity (Wildman–Crippen MR) is 71.7 cm³/mol. The summed E-state index contributed by atoms with van der Waals surface area (Å²) in [6, 6.07) is 1.88. The molecule has 7 heteroatoms. The van der Waals surface area contributed by atoms with Crippen molar-refractivity contribution in [2.24, 2.45) is 0 Å². The maximum absolute atomic E-state index is 5.95. The molecule has 0 saturated heterocycles. The second kappa shape index (κ2) is 4.37. The van der Waals surface area contributed by atoms with Crippen LogP contribution in [0.2, 0.25) is 0 Å². The lowest BCUT2D eigenvalue weighted by Crippen LogP contribution is -2.05. The predicted octanol–water partition coefficient (Wildman–Crippen LogP) is 1.09. The van der Waals surface area contributed by atoms with Crippen molar-refractivity contribution in [1.82, 2.24) is 24.9 Å².